The van der Waals surface area contributed by atoms with Crippen molar-refractivity contribution in [1.82, 2.24) is 59.4 Å². The molecule has 76 heavy (non-hydrogen) atoms. The molecule has 0 aliphatic heterocycles. The highest BCUT2D eigenvalue weighted by molar-refractivity contribution is 7.91. The van der Waals surface area contributed by atoms with Crippen molar-refractivity contribution in [2.24, 2.45) is 0 Å². The molecule has 0 amide bonds. The number of benzene rings is 2. The predicted octanol–water partition coefficient (Wildman–Crippen LogP) is 4.64. The van der Waals surface area contributed by atoms with Crippen LogP contribution in [-0.2, 0) is 31.2 Å². The number of sulfone groups is 2. The second kappa shape index (κ2) is 23.9. The number of hydrogen-bond donors (Lipinski definition) is 2. The van der Waals surface area contributed by atoms with Gasteiger partial charge in [0.1, 0.15) is 69.5 Å². The number of halogens is 2. The SMILES string of the molecule is COc1cccc(-c2nnc(CS(=O)(=O)[C@@H](C)[C@H](O)c3ncc(F)cn3)n2-c2c(OC)cccc2OC)n1.COc1cccc(-c2nnc(CS(=O)(=O)[C@H](C)[C@@H](O)c3ncc(F)cn3)n2-c2c(OC)cccc2OC)n1. The molecule has 0 saturated heterocycles. The summed E-state index contributed by atoms with van der Waals surface area (Å²) in [5.41, 5.74) is 1.40. The largest absolute Gasteiger partial charge is 0.494 e. The van der Waals surface area contributed by atoms with E-state index < -0.39 is 65.5 Å². The predicted molar refractivity (Wildman–Crippen MR) is 267 cm³/mol. The quantitative estimate of drug-likeness (QED) is 0.105. The van der Waals surface area contributed by atoms with Gasteiger partial charge in [0, 0.05) is 12.1 Å². The fourth-order valence-corrected chi connectivity index (χ4v) is 10.1. The third-order valence-electron chi connectivity index (χ3n) is 11.5. The zero-order chi connectivity index (χ0) is 54.9. The smallest absolute Gasteiger partial charge is 0.213 e. The molecule has 0 saturated carbocycles. The molecule has 0 radical (unpaired) electrons. The van der Waals surface area contributed by atoms with E-state index >= 15 is 0 Å². The van der Waals surface area contributed by atoms with Gasteiger partial charge in [0.15, 0.2) is 66.3 Å². The highest BCUT2D eigenvalue weighted by Gasteiger charge is 2.36. The van der Waals surface area contributed by atoms with Gasteiger partial charge in [0.05, 0.1) is 77.9 Å². The molecule has 0 aliphatic carbocycles. The molecule has 4 atom stereocenters. The Hall–Kier alpha value is -8.34. The summed E-state index contributed by atoms with van der Waals surface area (Å²) in [7, 11) is 0.592. The summed E-state index contributed by atoms with van der Waals surface area (Å²) >= 11 is 0. The third-order valence-corrected chi connectivity index (χ3v) is 15.6. The number of aliphatic hydroxyl groups is 2. The highest BCUT2D eigenvalue weighted by atomic mass is 32.2. The van der Waals surface area contributed by atoms with Gasteiger partial charge in [0.25, 0.3) is 0 Å². The van der Waals surface area contributed by atoms with Crippen LogP contribution in [-0.4, -0.2) is 140 Å². The number of aromatic nitrogens is 12. The Morgan fingerprint density at radius 1 is 0.487 bits per heavy atom. The van der Waals surface area contributed by atoms with Gasteiger partial charge in [-0.2, -0.15) is 0 Å². The first-order valence-corrected chi connectivity index (χ1v) is 25.9. The van der Waals surface area contributed by atoms with Crippen LogP contribution < -0.4 is 28.4 Å². The second-order valence-electron chi connectivity index (χ2n) is 16.1. The molecule has 0 bridgehead atoms. The monoisotopic (exact) mass is 1090 g/mol. The lowest BCUT2D eigenvalue weighted by atomic mass is 10.2. The van der Waals surface area contributed by atoms with Crippen LogP contribution in [0.25, 0.3) is 34.4 Å². The Labute approximate surface area is 434 Å². The fourth-order valence-electron chi connectivity index (χ4n) is 7.42. The van der Waals surface area contributed by atoms with Gasteiger partial charge in [-0.3, -0.25) is 9.13 Å². The number of rotatable bonds is 20. The van der Waals surface area contributed by atoms with Gasteiger partial charge < -0.3 is 38.6 Å². The molecule has 2 aromatic carbocycles. The number of methoxy groups -OCH3 is 6. The molecule has 2 N–H and O–H groups in total. The number of ether oxygens (including phenoxy) is 6. The summed E-state index contributed by atoms with van der Waals surface area (Å²) in [5.74, 6) is -0.662. The molecule has 6 aromatic heterocycles. The Morgan fingerprint density at radius 2 is 0.803 bits per heavy atom. The van der Waals surface area contributed by atoms with Gasteiger partial charge in [-0.25, -0.2) is 55.5 Å². The zero-order valence-electron chi connectivity index (χ0n) is 41.9. The summed E-state index contributed by atoms with van der Waals surface area (Å²) in [5, 5.41) is 35.4. The van der Waals surface area contributed by atoms with Crippen LogP contribution in [0.3, 0.4) is 0 Å². The van der Waals surface area contributed by atoms with Crippen LogP contribution in [0.15, 0.2) is 97.6 Å². The van der Waals surface area contributed by atoms with E-state index in [1.165, 1.54) is 65.6 Å². The van der Waals surface area contributed by atoms with Crippen LogP contribution in [0.5, 0.6) is 34.8 Å². The van der Waals surface area contributed by atoms with Crippen molar-refractivity contribution in [3.63, 3.8) is 0 Å². The molecular formula is C48H50F2N12O12S2. The van der Waals surface area contributed by atoms with Crippen molar-refractivity contribution in [3.05, 3.63) is 133 Å². The van der Waals surface area contributed by atoms with E-state index in [4.69, 9.17) is 28.4 Å². The van der Waals surface area contributed by atoms with Crippen LogP contribution >= 0.6 is 0 Å². The molecule has 0 unspecified atom stereocenters. The Kier molecular flexibility index (Phi) is 17.4. The second-order valence-corrected chi connectivity index (χ2v) is 20.9. The normalized spacial score (nSPS) is 13.1. The fraction of sp³-hybridized carbons (Fsp3) is 0.292. The van der Waals surface area contributed by atoms with Gasteiger partial charge >= 0.3 is 0 Å². The number of hydrogen-bond acceptors (Lipinski definition) is 22. The van der Waals surface area contributed by atoms with Crippen molar-refractivity contribution in [2.45, 2.75) is 48.1 Å². The van der Waals surface area contributed by atoms with Crippen molar-refractivity contribution < 1.29 is 64.3 Å². The lowest BCUT2D eigenvalue weighted by Crippen LogP contribution is -2.29. The van der Waals surface area contributed by atoms with Crippen molar-refractivity contribution in [1.29, 1.82) is 0 Å². The summed E-state index contributed by atoms with van der Waals surface area (Å²) in [6.07, 6.45) is 0.173. The van der Waals surface area contributed by atoms with Gasteiger partial charge in [-0.05, 0) is 50.2 Å². The minimum atomic E-state index is -4.10. The Morgan fingerprint density at radius 3 is 1.11 bits per heavy atom. The maximum Gasteiger partial charge on any atom is 0.213 e. The van der Waals surface area contributed by atoms with Crippen molar-refractivity contribution in [3.8, 4) is 69.2 Å². The van der Waals surface area contributed by atoms with E-state index in [1.54, 1.807) is 72.8 Å². The maximum absolute atomic E-state index is 13.5. The van der Waals surface area contributed by atoms with E-state index in [2.05, 4.69) is 50.3 Å². The molecule has 8 aromatic rings. The topological polar surface area (TPSA) is 303 Å². The average Bonchev–Trinajstić information content (AvgIpc) is 4.07. The first kappa shape index (κ1) is 55.4. The van der Waals surface area contributed by atoms with Crippen LogP contribution in [0.1, 0.15) is 49.4 Å². The van der Waals surface area contributed by atoms with E-state index in [0.29, 0.717) is 57.5 Å². The molecule has 0 aliphatic rings. The third kappa shape index (κ3) is 11.9. The lowest BCUT2D eigenvalue weighted by molar-refractivity contribution is 0.165. The van der Waals surface area contributed by atoms with Crippen LogP contribution in [0, 0.1) is 11.6 Å². The van der Waals surface area contributed by atoms with E-state index in [-0.39, 0.29) is 34.9 Å². The minimum Gasteiger partial charge on any atom is -0.494 e. The minimum absolute atomic E-state index is 0.00601. The van der Waals surface area contributed by atoms with Crippen molar-refractivity contribution in [2.75, 3.05) is 42.7 Å². The summed E-state index contributed by atoms with van der Waals surface area (Å²) in [6.45, 7) is 2.61. The van der Waals surface area contributed by atoms with Crippen LogP contribution in [0.2, 0.25) is 0 Å². The standard InChI is InChI=1S/2C24H25FN6O6S/c2*1-14(22(32)23-26-11-15(25)12-27-23)38(33,34)13-19-29-30-24(16-7-5-10-20(28-16)37-4)31(19)21-17(35-2)8-6-9-18(21)36-3/h2*5-12,14,22,32H,13H2,1-4H3/t2*14-,22-/m10/s1. The summed E-state index contributed by atoms with van der Waals surface area (Å²) < 4.78 is 116. The van der Waals surface area contributed by atoms with Gasteiger partial charge in [-0.15, -0.1) is 20.4 Å². The van der Waals surface area contributed by atoms with E-state index in [0.717, 1.165) is 24.8 Å². The lowest BCUT2D eigenvalue weighted by Gasteiger charge is -2.20. The van der Waals surface area contributed by atoms with E-state index in [9.17, 15) is 35.8 Å². The summed E-state index contributed by atoms with van der Waals surface area (Å²) in [6, 6.07) is 20.2. The molecule has 8 rings (SSSR count). The number of nitrogens with zero attached hydrogens (tertiary/aromatic N) is 12. The zero-order valence-corrected chi connectivity index (χ0v) is 43.5. The Bertz CT molecular complexity index is 3250. The molecule has 6 heterocycles. The molecule has 28 heteroatoms. The number of para-hydroxylation sites is 2. The number of aliphatic hydroxyl groups excluding tert-OH is 2. The van der Waals surface area contributed by atoms with Gasteiger partial charge in [0.2, 0.25) is 11.8 Å². The first-order chi connectivity index (χ1) is 36.4. The molecule has 0 fully saturated rings. The summed E-state index contributed by atoms with van der Waals surface area (Å²) in [4.78, 5) is 23.6. The van der Waals surface area contributed by atoms with Crippen LogP contribution in [0.4, 0.5) is 8.78 Å². The highest BCUT2D eigenvalue weighted by Crippen LogP contribution is 2.39. The Balaban J connectivity index is 0.000000221. The average molecular weight is 1090 g/mol. The molecule has 24 nitrogen and oxygen atoms in total. The van der Waals surface area contributed by atoms with Crippen molar-refractivity contribution >= 4 is 19.7 Å². The maximum atomic E-state index is 13.5. The van der Waals surface area contributed by atoms with Gasteiger partial charge in [-0.1, -0.05) is 24.3 Å². The first-order valence-electron chi connectivity index (χ1n) is 22.5. The molecule has 0 spiro atoms. The number of pyridine rings is 2. The van der Waals surface area contributed by atoms with E-state index in [1.807, 2.05) is 0 Å². The molecular weight excluding hydrogens is 1040 g/mol. The molecule has 400 valence electrons.